The summed E-state index contributed by atoms with van der Waals surface area (Å²) in [4.78, 5) is 31.4. The van der Waals surface area contributed by atoms with Gasteiger partial charge >= 0.3 is 5.97 Å². The van der Waals surface area contributed by atoms with Crippen LogP contribution >= 0.6 is 11.3 Å². The predicted molar refractivity (Wildman–Crippen MR) is 103 cm³/mol. The zero-order chi connectivity index (χ0) is 19.1. The van der Waals surface area contributed by atoms with Gasteiger partial charge in [-0.05, 0) is 0 Å². The monoisotopic (exact) mass is 387 g/mol. The van der Waals surface area contributed by atoms with E-state index in [2.05, 4.69) is 16.9 Å². The zero-order valence-corrected chi connectivity index (χ0v) is 15.6. The molecule has 142 valence electrons. The molecule has 2 aromatic rings. The predicted octanol–water partition coefficient (Wildman–Crippen LogP) is 2.50. The lowest BCUT2D eigenvalue weighted by Crippen LogP contribution is -2.44. The van der Waals surface area contributed by atoms with Gasteiger partial charge in [0.05, 0.1) is 13.2 Å². The number of morpholine rings is 1. The van der Waals surface area contributed by atoms with E-state index in [0.29, 0.717) is 43.5 Å². The molecule has 1 N–H and O–H groups in total. The molecular formula is C19H21N3O4S. The lowest BCUT2D eigenvalue weighted by molar-refractivity contribution is -0.145. The lowest BCUT2D eigenvalue weighted by atomic mass is 10.1. The van der Waals surface area contributed by atoms with E-state index in [1.54, 1.807) is 28.5 Å². The number of hydrogen-bond donors (Lipinski definition) is 1. The number of ether oxygens (including phenoxy) is 2. The van der Waals surface area contributed by atoms with Crippen molar-refractivity contribution in [2.24, 2.45) is 0 Å². The molecule has 0 radical (unpaired) electrons. The van der Waals surface area contributed by atoms with Crippen LogP contribution in [0.4, 0.5) is 5.13 Å². The largest absolute Gasteiger partial charge is 0.443 e. The Kier molecular flexibility index (Phi) is 6.56. The number of benzene rings is 1. The first kappa shape index (κ1) is 19.1. The van der Waals surface area contributed by atoms with Gasteiger partial charge in [0, 0.05) is 30.6 Å². The average Bonchev–Trinajstić information content (AvgIpc) is 3.20. The topological polar surface area (TPSA) is 80.8 Å². The molecule has 0 saturated carbocycles. The Hall–Kier alpha value is -2.71. The molecule has 1 aromatic carbocycles. The number of thiazole rings is 1. The van der Waals surface area contributed by atoms with Crippen LogP contribution in [0.5, 0.6) is 0 Å². The highest BCUT2D eigenvalue weighted by atomic mass is 32.1. The molecule has 8 heteroatoms. The molecule has 1 saturated heterocycles. The van der Waals surface area contributed by atoms with Gasteiger partial charge in [0.1, 0.15) is 0 Å². The Labute approximate surface area is 161 Å². The number of aromatic nitrogens is 1. The molecule has 1 aliphatic rings. The highest BCUT2D eigenvalue weighted by Crippen LogP contribution is 2.24. The maximum Gasteiger partial charge on any atom is 0.359 e. The summed E-state index contributed by atoms with van der Waals surface area (Å²) in [6, 6.07) is 9.01. The van der Waals surface area contributed by atoms with Crippen molar-refractivity contribution in [1.29, 1.82) is 0 Å². The number of hydrogen-bond acceptors (Lipinski definition) is 7. The number of carbonyl (C=O) groups is 2. The van der Waals surface area contributed by atoms with Crippen LogP contribution in [-0.2, 0) is 14.3 Å². The van der Waals surface area contributed by atoms with Crippen LogP contribution in [0.25, 0.3) is 0 Å². The van der Waals surface area contributed by atoms with Crippen molar-refractivity contribution in [3.05, 3.63) is 59.6 Å². The van der Waals surface area contributed by atoms with Gasteiger partial charge in [-0.3, -0.25) is 4.79 Å². The Bertz CT molecular complexity index is 787. The molecule has 0 unspecified atom stereocenters. The normalized spacial score (nSPS) is 15.0. The summed E-state index contributed by atoms with van der Waals surface area (Å²) < 4.78 is 10.9. The van der Waals surface area contributed by atoms with Gasteiger partial charge in [-0.25, -0.2) is 9.78 Å². The maximum atomic E-state index is 13.0. The SMILES string of the molecule is C=CCNc1nc(C(=O)O[C@H](C(=O)N2CCOCC2)c2ccccc2)cs1. The Balaban J connectivity index is 1.76. The van der Waals surface area contributed by atoms with Crippen molar-refractivity contribution in [3.63, 3.8) is 0 Å². The third-order valence-electron chi connectivity index (χ3n) is 3.99. The highest BCUT2D eigenvalue weighted by Gasteiger charge is 2.31. The minimum atomic E-state index is -1.01. The van der Waals surface area contributed by atoms with Crippen molar-refractivity contribution < 1.29 is 19.1 Å². The minimum Gasteiger partial charge on any atom is -0.443 e. The van der Waals surface area contributed by atoms with Crippen molar-refractivity contribution in [3.8, 4) is 0 Å². The van der Waals surface area contributed by atoms with Crippen LogP contribution in [0, 0.1) is 0 Å². The van der Waals surface area contributed by atoms with E-state index in [-0.39, 0.29) is 11.6 Å². The second-order valence-corrected chi connectivity index (χ2v) is 6.70. The maximum absolute atomic E-state index is 13.0. The van der Waals surface area contributed by atoms with E-state index < -0.39 is 12.1 Å². The third-order valence-corrected chi connectivity index (χ3v) is 4.79. The summed E-state index contributed by atoms with van der Waals surface area (Å²) in [7, 11) is 0. The smallest absolute Gasteiger partial charge is 0.359 e. The van der Waals surface area contributed by atoms with Gasteiger partial charge in [0.15, 0.2) is 10.8 Å². The number of nitrogens with one attached hydrogen (secondary N) is 1. The number of nitrogens with zero attached hydrogens (tertiary/aromatic N) is 2. The van der Waals surface area contributed by atoms with Crippen LogP contribution < -0.4 is 5.32 Å². The summed E-state index contributed by atoms with van der Waals surface area (Å²) in [5, 5.41) is 5.22. The summed E-state index contributed by atoms with van der Waals surface area (Å²) in [5.41, 5.74) is 0.796. The minimum absolute atomic E-state index is 0.169. The van der Waals surface area contributed by atoms with E-state index in [4.69, 9.17) is 9.47 Å². The fourth-order valence-electron chi connectivity index (χ4n) is 2.61. The standard InChI is InChI=1S/C19H21N3O4S/c1-2-8-20-19-21-15(13-27-19)18(24)26-16(14-6-4-3-5-7-14)17(23)22-9-11-25-12-10-22/h2-7,13,16H,1,8-12H2,(H,20,21)/t16-/m0/s1. The first-order chi connectivity index (χ1) is 13.2. The van der Waals surface area contributed by atoms with Gasteiger partial charge in [-0.1, -0.05) is 36.4 Å². The van der Waals surface area contributed by atoms with Crippen molar-refractivity contribution >= 4 is 28.3 Å². The van der Waals surface area contributed by atoms with Gasteiger partial charge in [-0.15, -0.1) is 17.9 Å². The summed E-state index contributed by atoms with van der Waals surface area (Å²) >= 11 is 1.29. The summed E-state index contributed by atoms with van der Waals surface area (Å²) in [5.74, 6) is -0.883. The van der Waals surface area contributed by atoms with Gasteiger partial charge in [0.25, 0.3) is 5.91 Å². The van der Waals surface area contributed by atoms with Crippen LogP contribution in [0.3, 0.4) is 0 Å². The first-order valence-corrected chi connectivity index (χ1v) is 9.49. The molecule has 1 fully saturated rings. The van der Waals surface area contributed by atoms with E-state index in [1.807, 2.05) is 18.2 Å². The molecule has 1 aliphatic heterocycles. The molecule has 3 rings (SSSR count). The third kappa shape index (κ3) is 4.93. The van der Waals surface area contributed by atoms with E-state index in [9.17, 15) is 9.59 Å². The Morgan fingerprint density at radius 2 is 2.07 bits per heavy atom. The zero-order valence-electron chi connectivity index (χ0n) is 14.8. The molecule has 1 aromatic heterocycles. The molecule has 2 heterocycles. The first-order valence-electron chi connectivity index (χ1n) is 8.62. The van der Waals surface area contributed by atoms with Crippen molar-refractivity contribution in [2.75, 3.05) is 38.2 Å². The highest BCUT2D eigenvalue weighted by molar-refractivity contribution is 7.13. The molecule has 0 aliphatic carbocycles. The molecule has 1 amide bonds. The number of anilines is 1. The fraction of sp³-hybridized carbons (Fsp3) is 0.316. The van der Waals surface area contributed by atoms with Crippen LogP contribution in [-0.4, -0.2) is 54.6 Å². The van der Waals surface area contributed by atoms with Crippen LogP contribution in [0.15, 0.2) is 48.4 Å². The molecule has 7 nitrogen and oxygen atoms in total. The van der Waals surface area contributed by atoms with Crippen LogP contribution in [0.1, 0.15) is 22.2 Å². The van der Waals surface area contributed by atoms with Crippen LogP contribution in [0.2, 0.25) is 0 Å². The van der Waals surface area contributed by atoms with Gasteiger partial charge in [0.2, 0.25) is 6.10 Å². The number of rotatable bonds is 7. The molecule has 0 bridgehead atoms. The lowest BCUT2D eigenvalue weighted by Gasteiger charge is -2.30. The molecular weight excluding hydrogens is 366 g/mol. The summed E-state index contributed by atoms with van der Waals surface area (Å²) in [6.45, 7) is 6.08. The molecule has 27 heavy (non-hydrogen) atoms. The second kappa shape index (κ2) is 9.29. The molecule has 1 atom stereocenters. The van der Waals surface area contributed by atoms with Gasteiger partial charge in [-0.2, -0.15) is 0 Å². The number of carbonyl (C=O) groups excluding carboxylic acids is 2. The quantitative estimate of drug-likeness (QED) is 0.581. The second-order valence-electron chi connectivity index (χ2n) is 5.84. The summed E-state index contributed by atoms with van der Waals surface area (Å²) in [6.07, 6.45) is 0.689. The number of amides is 1. The van der Waals surface area contributed by atoms with E-state index in [1.165, 1.54) is 11.3 Å². The Morgan fingerprint density at radius 3 is 2.78 bits per heavy atom. The van der Waals surface area contributed by atoms with Crippen molar-refractivity contribution in [1.82, 2.24) is 9.88 Å². The Morgan fingerprint density at radius 1 is 1.33 bits per heavy atom. The van der Waals surface area contributed by atoms with Gasteiger partial charge < -0.3 is 19.7 Å². The van der Waals surface area contributed by atoms with E-state index >= 15 is 0 Å². The number of esters is 1. The fourth-order valence-corrected chi connectivity index (χ4v) is 3.30. The average molecular weight is 387 g/mol. The van der Waals surface area contributed by atoms with E-state index in [0.717, 1.165) is 0 Å². The molecule has 0 spiro atoms. The van der Waals surface area contributed by atoms with Crippen molar-refractivity contribution in [2.45, 2.75) is 6.10 Å².